The monoisotopic (exact) mass is 346 g/mol. The normalized spacial score (nSPS) is 22.8. The largest absolute Gasteiger partial charge is 0.452 e. The Bertz CT molecular complexity index is 644. The molecule has 0 bridgehead atoms. The summed E-state index contributed by atoms with van der Waals surface area (Å²) in [5.41, 5.74) is 0.801. The number of amides is 2. The molecule has 1 saturated carbocycles. The second kappa shape index (κ2) is 8.65. The lowest BCUT2D eigenvalue weighted by Gasteiger charge is -2.34. The summed E-state index contributed by atoms with van der Waals surface area (Å²) in [6, 6.07) is 6.56. The van der Waals surface area contributed by atoms with Crippen molar-refractivity contribution >= 4 is 23.5 Å². The Labute approximate surface area is 148 Å². The number of carbonyl (C=O) groups excluding carboxylic acids is 3. The zero-order valence-electron chi connectivity index (χ0n) is 15.0. The first-order chi connectivity index (χ1) is 11.9. The number of rotatable bonds is 5. The van der Waals surface area contributed by atoms with Crippen LogP contribution < -0.4 is 10.6 Å². The van der Waals surface area contributed by atoms with E-state index in [2.05, 4.69) is 24.5 Å². The van der Waals surface area contributed by atoms with Gasteiger partial charge in [0, 0.05) is 18.7 Å². The molecule has 3 atom stereocenters. The summed E-state index contributed by atoms with van der Waals surface area (Å²) < 4.78 is 5.09. The van der Waals surface area contributed by atoms with Crippen LogP contribution in [0.3, 0.4) is 0 Å². The van der Waals surface area contributed by atoms with Crippen LogP contribution in [0.4, 0.5) is 5.69 Å². The molecule has 0 spiro atoms. The standard InChI is InChI=1S/C19H26N2O4/c1-12-6-4-9-17(13(12)2)21-18(23)11-25-19(24)15-7-5-8-16(10-15)20-14(3)22/h5,7-8,10,12-13,17H,4,6,9,11H2,1-3H3,(H,20,22)(H,21,23). The zero-order valence-corrected chi connectivity index (χ0v) is 15.0. The number of carbonyl (C=O) groups is 3. The molecule has 1 aliphatic rings. The van der Waals surface area contributed by atoms with Gasteiger partial charge in [-0.05, 0) is 36.5 Å². The third kappa shape index (κ3) is 5.59. The first-order valence-electron chi connectivity index (χ1n) is 8.71. The second-order valence-electron chi connectivity index (χ2n) is 6.78. The van der Waals surface area contributed by atoms with Crippen LogP contribution in [0.1, 0.15) is 50.4 Å². The second-order valence-corrected chi connectivity index (χ2v) is 6.78. The van der Waals surface area contributed by atoms with E-state index in [0.29, 0.717) is 23.1 Å². The Balaban J connectivity index is 1.85. The highest BCUT2D eigenvalue weighted by Crippen LogP contribution is 2.29. The Kier molecular flexibility index (Phi) is 6.56. The quantitative estimate of drug-likeness (QED) is 0.803. The van der Waals surface area contributed by atoms with Crippen molar-refractivity contribution in [3.63, 3.8) is 0 Å². The van der Waals surface area contributed by atoms with Crippen molar-refractivity contribution in [1.29, 1.82) is 0 Å². The smallest absolute Gasteiger partial charge is 0.338 e. The Morgan fingerprint density at radius 3 is 2.68 bits per heavy atom. The molecule has 6 heteroatoms. The van der Waals surface area contributed by atoms with E-state index in [-0.39, 0.29) is 24.5 Å². The van der Waals surface area contributed by atoms with Gasteiger partial charge in [0.15, 0.2) is 6.61 Å². The molecule has 25 heavy (non-hydrogen) atoms. The number of nitrogens with one attached hydrogen (secondary N) is 2. The fourth-order valence-electron chi connectivity index (χ4n) is 3.18. The SMILES string of the molecule is CC(=O)Nc1cccc(C(=O)OCC(=O)NC2CCCC(C)C2C)c1. The highest BCUT2D eigenvalue weighted by Gasteiger charge is 2.28. The number of hydrogen-bond acceptors (Lipinski definition) is 4. The van der Waals surface area contributed by atoms with Crippen LogP contribution in [0.5, 0.6) is 0 Å². The van der Waals surface area contributed by atoms with Crippen molar-refractivity contribution in [3.8, 4) is 0 Å². The van der Waals surface area contributed by atoms with E-state index in [1.165, 1.54) is 19.4 Å². The summed E-state index contributed by atoms with van der Waals surface area (Å²) in [4.78, 5) is 35.2. The number of benzene rings is 1. The van der Waals surface area contributed by atoms with Crippen LogP contribution in [0, 0.1) is 11.8 Å². The Morgan fingerprint density at radius 2 is 1.96 bits per heavy atom. The van der Waals surface area contributed by atoms with Crippen molar-refractivity contribution in [2.75, 3.05) is 11.9 Å². The molecule has 0 heterocycles. The molecular weight excluding hydrogens is 320 g/mol. The van der Waals surface area contributed by atoms with Gasteiger partial charge in [-0.3, -0.25) is 9.59 Å². The molecule has 0 aliphatic heterocycles. The minimum Gasteiger partial charge on any atom is -0.452 e. The van der Waals surface area contributed by atoms with E-state index in [4.69, 9.17) is 4.74 Å². The van der Waals surface area contributed by atoms with Crippen LogP contribution in [0.25, 0.3) is 0 Å². The van der Waals surface area contributed by atoms with Gasteiger partial charge < -0.3 is 15.4 Å². The van der Waals surface area contributed by atoms with Gasteiger partial charge in [0.2, 0.25) is 5.91 Å². The van der Waals surface area contributed by atoms with E-state index in [9.17, 15) is 14.4 Å². The summed E-state index contributed by atoms with van der Waals surface area (Å²) >= 11 is 0. The van der Waals surface area contributed by atoms with Gasteiger partial charge in [-0.2, -0.15) is 0 Å². The fraction of sp³-hybridized carbons (Fsp3) is 0.526. The third-order valence-corrected chi connectivity index (χ3v) is 4.81. The summed E-state index contributed by atoms with van der Waals surface area (Å²) in [5, 5.41) is 5.57. The molecule has 136 valence electrons. The molecular formula is C19H26N2O4. The van der Waals surface area contributed by atoms with Gasteiger partial charge in [0.05, 0.1) is 5.56 Å². The van der Waals surface area contributed by atoms with Crippen LogP contribution in [0.15, 0.2) is 24.3 Å². The van der Waals surface area contributed by atoms with Crippen molar-refractivity contribution in [2.24, 2.45) is 11.8 Å². The van der Waals surface area contributed by atoms with Crippen LogP contribution in [-0.4, -0.2) is 30.4 Å². The van der Waals surface area contributed by atoms with Crippen LogP contribution >= 0.6 is 0 Å². The van der Waals surface area contributed by atoms with Crippen molar-refractivity contribution in [3.05, 3.63) is 29.8 Å². The molecule has 1 aromatic carbocycles. The molecule has 2 N–H and O–H groups in total. The lowest BCUT2D eigenvalue weighted by atomic mass is 9.78. The number of esters is 1. The predicted octanol–water partition coefficient (Wildman–Crippen LogP) is 2.74. The minimum absolute atomic E-state index is 0.137. The summed E-state index contributed by atoms with van der Waals surface area (Å²) in [7, 11) is 0. The van der Waals surface area contributed by atoms with Crippen LogP contribution in [0.2, 0.25) is 0 Å². The van der Waals surface area contributed by atoms with E-state index >= 15 is 0 Å². The van der Waals surface area contributed by atoms with Gasteiger partial charge in [-0.15, -0.1) is 0 Å². The Morgan fingerprint density at radius 1 is 1.20 bits per heavy atom. The van der Waals surface area contributed by atoms with E-state index in [0.717, 1.165) is 12.8 Å². The lowest BCUT2D eigenvalue weighted by Crippen LogP contribution is -2.45. The van der Waals surface area contributed by atoms with Gasteiger partial charge in [-0.1, -0.05) is 32.8 Å². The highest BCUT2D eigenvalue weighted by atomic mass is 16.5. The average molecular weight is 346 g/mol. The Hall–Kier alpha value is -2.37. The number of ether oxygens (including phenoxy) is 1. The maximum atomic E-state index is 12.1. The molecule has 1 fully saturated rings. The zero-order chi connectivity index (χ0) is 18.4. The average Bonchev–Trinajstić information content (AvgIpc) is 2.56. The molecule has 1 aromatic rings. The van der Waals surface area contributed by atoms with Gasteiger partial charge in [0.25, 0.3) is 5.91 Å². The predicted molar refractivity (Wildman–Crippen MR) is 95.1 cm³/mol. The van der Waals surface area contributed by atoms with Crippen molar-refractivity contribution in [1.82, 2.24) is 5.32 Å². The minimum atomic E-state index is -0.590. The molecule has 2 amide bonds. The molecule has 0 saturated heterocycles. The van der Waals surface area contributed by atoms with Gasteiger partial charge >= 0.3 is 5.97 Å². The summed E-state index contributed by atoms with van der Waals surface area (Å²) in [6.45, 7) is 5.43. The summed E-state index contributed by atoms with van der Waals surface area (Å²) in [6.07, 6.45) is 3.25. The van der Waals surface area contributed by atoms with Crippen molar-refractivity contribution < 1.29 is 19.1 Å². The molecule has 2 rings (SSSR count). The third-order valence-electron chi connectivity index (χ3n) is 4.81. The summed E-state index contributed by atoms with van der Waals surface area (Å²) in [5.74, 6) is -0.0914. The van der Waals surface area contributed by atoms with Crippen molar-refractivity contribution in [2.45, 2.75) is 46.1 Å². The first-order valence-corrected chi connectivity index (χ1v) is 8.71. The van der Waals surface area contributed by atoms with Gasteiger partial charge in [-0.25, -0.2) is 4.79 Å². The first kappa shape index (κ1) is 19.0. The maximum Gasteiger partial charge on any atom is 0.338 e. The highest BCUT2D eigenvalue weighted by molar-refractivity contribution is 5.94. The number of hydrogen-bond donors (Lipinski definition) is 2. The molecule has 0 aromatic heterocycles. The van der Waals surface area contributed by atoms with Crippen LogP contribution in [-0.2, 0) is 14.3 Å². The molecule has 0 radical (unpaired) electrons. The lowest BCUT2D eigenvalue weighted by molar-refractivity contribution is -0.125. The maximum absolute atomic E-state index is 12.1. The molecule has 1 aliphatic carbocycles. The van der Waals surface area contributed by atoms with E-state index in [1.54, 1.807) is 18.2 Å². The number of anilines is 1. The molecule has 6 nitrogen and oxygen atoms in total. The molecule has 3 unspecified atom stereocenters. The fourth-order valence-corrected chi connectivity index (χ4v) is 3.18. The van der Waals surface area contributed by atoms with Gasteiger partial charge in [0.1, 0.15) is 0 Å². The van der Waals surface area contributed by atoms with E-state index < -0.39 is 5.97 Å². The topological polar surface area (TPSA) is 84.5 Å². The van der Waals surface area contributed by atoms with E-state index in [1.807, 2.05) is 0 Å².